The molecule has 0 spiro atoms. The number of nitrogens with two attached hydrogens (primary N) is 2. The van der Waals surface area contributed by atoms with E-state index in [1.54, 1.807) is 17.0 Å². The first kappa shape index (κ1) is 8.55. The van der Waals surface area contributed by atoms with Gasteiger partial charge in [-0.1, -0.05) is 6.07 Å². The Morgan fingerprint density at radius 3 is 3.00 bits per heavy atom. The Labute approximate surface area is 80.3 Å². The minimum atomic E-state index is -0.410. The first-order valence-electron chi connectivity index (χ1n) is 4.16. The molecule has 0 unspecified atom stereocenters. The molecule has 0 atom stereocenters. The second-order valence-electron chi connectivity index (χ2n) is 3.05. The largest absolute Gasteiger partial charge is 0.397 e. The fraction of sp³-hybridized carbons (Fsp3) is 0.111. The Hall–Kier alpha value is -2.04. The Morgan fingerprint density at radius 2 is 2.29 bits per heavy atom. The van der Waals surface area contributed by atoms with Crippen molar-refractivity contribution in [2.45, 2.75) is 6.54 Å². The van der Waals surface area contributed by atoms with Crippen LogP contribution in [-0.2, 0) is 11.3 Å². The normalized spacial score (nSPS) is 10.6. The van der Waals surface area contributed by atoms with Gasteiger partial charge in [-0.05, 0) is 12.1 Å². The van der Waals surface area contributed by atoms with Crippen molar-refractivity contribution in [3.05, 3.63) is 24.5 Å². The fourth-order valence-corrected chi connectivity index (χ4v) is 1.44. The highest BCUT2D eigenvalue weighted by Crippen LogP contribution is 2.19. The molecule has 2 aromatic rings. The number of carbonyl (C=O) groups excluding carboxylic acids is 1. The van der Waals surface area contributed by atoms with Crippen LogP contribution in [0.3, 0.4) is 0 Å². The van der Waals surface area contributed by atoms with Crippen molar-refractivity contribution in [2.24, 2.45) is 5.73 Å². The van der Waals surface area contributed by atoms with Gasteiger partial charge in [-0.3, -0.25) is 4.79 Å². The minimum Gasteiger partial charge on any atom is -0.397 e. The molecule has 4 N–H and O–H groups in total. The number of benzene rings is 1. The Bertz CT molecular complexity index is 489. The smallest absolute Gasteiger partial charge is 0.237 e. The van der Waals surface area contributed by atoms with Gasteiger partial charge in [0.2, 0.25) is 5.91 Å². The Balaban J connectivity index is 2.61. The quantitative estimate of drug-likeness (QED) is 0.658. The third-order valence-electron chi connectivity index (χ3n) is 2.00. The molecule has 0 saturated heterocycles. The van der Waals surface area contributed by atoms with Gasteiger partial charge in [-0.15, -0.1) is 0 Å². The number of rotatable bonds is 2. The van der Waals surface area contributed by atoms with E-state index in [0.29, 0.717) is 5.69 Å². The number of hydrogen-bond donors (Lipinski definition) is 2. The molecule has 1 aromatic heterocycles. The van der Waals surface area contributed by atoms with E-state index in [1.807, 2.05) is 12.1 Å². The van der Waals surface area contributed by atoms with Crippen LogP contribution in [0.15, 0.2) is 24.5 Å². The summed E-state index contributed by atoms with van der Waals surface area (Å²) in [6.07, 6.45) is 1.56. The van der Waals surface area contributed by atoms with Gasteiger partial charge in [0.25, 0.3) is 0 Å². The number of fused-ring (bicyclic) bond motifs is 1. The van der Waals surface area contributed by atoms with Gasteiger partial charge in [0.05, 0.1) is 23.0 Å². The number of nitrogen functional groups attached to an aromatic ring is 1. The number of aromatic nitrogens is 2. The maximum atomic E-state index is 10.8. The number of imidazole rings is 1. The highest BCUT2D eigenvalue weighted by atomic mass is 16.1. The lowest BCUT2D eigenvalue weighted by Gasteiger charge is -2.02. The lowest BCUT2D eigenvalue weighted by Crippen LogP contribution is -2.18. The predicted octanol–water partition coefficient (Wildman–Crippen LogP) is 0.104. The van der Waals surface area contributed by atoms with Crippen LogP contribution >= 0.6 is 0 Å². The molecule has 5 heteroatoms. The summed E-state index contributed by atoms with van der Waals surface area (Å²) in [4.78, 5) is 14.9. The molecule has 1 aromatic carbocycles. The highest BCUT2D eigenvalue weighted by Gasteiger charge is 2.06. The highest BCUT2D eigenvalue weighted by molar-refractivity contribution is 5.88. The molecule has 1 amide bonds. The van der Waals surface area contributed by atoms with E-state index < -0.39 is 5.91 Å². The maximum Gasteiger partial charge on any atom is 0.237 e. The van der Waals surface area contributed by atoms with Crippen molar-refractivity contribution in [1.29, 1.82) is 0 Å². The van der Waals surface area contributed by atoms with Crippen molar-refractivity contribution >= 4 is 22.6 Å². The Kier molecular flexibility index (Phi) is 1.85. The average Bonchev–Trinajstić information content (AvgIpc) is 2.49. The molecule has 0 radical (unpaired) electrons. The van der Waals surface area contributed by atoms with Crippen LogP contribution in [0.1, 0.15) is 0 Å². The summed E-state index contributed by atoms with van der Waals surface area (Å²) in [6.45, 7) is 0.102. The molecule has 5 nitrogen and oxygen atoms in total. The number of hydrogen-bond acceptors (Lipinski definition) is 3. The summed E-state index contributed by atoms with van der Waals surface area (Å²) >= 11 is 0. The molecule has 14 heavy (non-hydrogen) atoms. The lowest BCUT2D eigenvalue weighted by atomic mass is 10.2. The summed E-state index contributed by atoms with van der Waals surface area (Å²) in [5.74, 6) is -0.410. The third kappa shape index (κ3) is 1.28. The standard InChI is InChI=1S/C9H10N4O/c10-6-2-1-3-7-9(6)13(5-12-7)4-8(11)14/h1-3,5H,4,10H2,(H2,11,14). The van der Waals surface area contributed by atoms with Crippen LogP contribution in [-0.4, -0.2) is 15.5 Å². The van der Waals surface area contributed by atoms with E-state index >= 15 is 0 Å². The number of amides is 1. The second kappa shape index (κ2) is 3.02. The molecule has 0 fully saturated rings. The molecule has 0 bridgehead atoms. The van der Waals surface area contributed by atoms with Crippen molar-refractivity contribution in [3.63, 3.8) is 0 Å². The second-order valence-corrected chi connectivity index (χ2v) is 3.05. The van der Waals surface area contributed by atoms with Gasteiger partial charge < -0.3 is 16.0 Å². The van der Waals surface area contributed by atoms with Gasteiger partial charge in [0.1, 0.15) is 6.54 Å². The van der Waals surface area contributed by atoms with E-state index in [0.717, 1.165) is 11.0 Å². The zero-order valence-electron chi connectivity index (χ0n) is 7.47. The first-order valence-corrected chi connectivity index (χ1v) is 4.16. The van der Waals surface area contributed by atoms with E-state index in [-0.39, 0.29) is 6.54 Å². The van der Waals surface area contributed by atoms with Gasteiger partial charge in [0.15, 0.2) is 0 Å². The summed E-state index contributed by atoms with van der Waals surface area (Å²) < 4.78 is 1.65. The molecule has 0 aliphatic rings. The number of carbonyl (C=O) groups is 1. The first-order chi connectivity index (χ1) is 6.68. The Morgan fingerprint density at radius 1 is 1.50 bits per heavy atom. The van der Waals surface area contributed by atoms with Crippen molar-refractivity contribution in [1.82, 2.24) is 9.55 Å². The predicted molar refractivity (Wildman–Crippen MR) is 53.3 cm³/mol. The van der Waals surface area contributed by atoms with Crippen LogP contribution < -0.4 is 11.5 Å². The van der Waals surface area contributed by atoms with E-state index in [4.69, 9.17) is 11.5 Å². The molecular formula is C9H10N4O. The van der Waals surface area contributed by atoms with Crippen molar-refractivity contribution in [3.8, 4) is 0 Å². The molecule has 0 aliphatic heterocycles. The summed E-state index contributed by atoms with van der Waals surface area (Å²) in [5, 5.41) is 0. The molecule has 0 saturated carbocycles. The maximum absolute atomic E-state index is 10.8. The van der Waals surface area contributed by atoms with Gasteiger partial charge in [-0.25, -0.2) is 4.98 Å². The molecule has 72 valence electrons. The third-order valence-corrected chi connectivity index (χ3v) is 2.00. The molecule has 0 aliphatic carbocycles. The lowest BCUT2D eigenvalue weighted by molar-refractivity contribution is -0.118. The fourth-order valence-electron chi connectivity index (χ4n) is 1.44. The number of nitrogens with zero attached hydrogens (tertiary/aromatic N) is 2. The number of para-hydroxylation sites is 1. The van der Waals surface area contributed by atoms with Crippen LogP contribution in [0.5, 0.6) is 0 Å². The SMILES string of the molecule is NC(=O)Cn1cnc2cccc(N)c21. The van der Waals surface area contributed by atoms with Crippen LogP contribution in [0, 0.1) is 0 Å². The van der Waals surface area contributed by atoms with Gasteiger partial charge in [0, 0.05) is 0 Å². The minimum absolute atomic E-state index is 0.102. The van der Waals surface area contributed by atoms with E-state index in [1.165, 1.54) is 0 Å². The van der Waals surface area contributed by atoms with Crippen LogP contribution in [0.4, 0.5) is 5.69 Å². The van der Waals surface area contributed by atoms with E-state index in [9.17, 15) is 4.79 Å². The number of primary amides is 1. The van der Waals surface area contributed by atoms with E-state index in [2.05, 4.69) is 4.98 Å². The van der Waals surface area contributed by atoms with Gasteiger partial charge >= 0.3 is 0 Å². The molecule has 1 heterocycles. The zero-order chi connectivity index (χ0) is 10.1. The average molecular weight is 190 g/mol. The monoisotopic (exact) mass is 190 g/mol. The summed E-state index contributed by atoms with van der Waals surface area (Å²) in [5.41, 5.74) is 13.0. The zero-order valence-corrected chi connectivity index (χ0v) is 7.47. The molecular weight excluding hydrogens is 180 g/mol. The topological polar surface area (TPSA) is 86.9 Å². The van der Waals surface area contributed by atoms with Crippen LogP contribution in [0.2, 0.25) is 0 Å². The summed E-state index contributed by atoms with van der Waals surface area (Å²) in [7, 11) is 0. The summed E-state index contributed by atoms with van der Waals surface area (Å²) in [6, 6.07) is 5.42. The van der Waals surface area contributed by atoms with Crippen LogP contribution in [0.25, 0.3) is 11.0 Å². The van der Waals surface area contributed by atoms with Crippen molar-refractivity contribution in [2.75, 3.05) is 5.73 Å². The molecule has 2 rings (SSSR count). The number of anilines is 1. The van der Waals surface area contributed by atoms with Crippen molar-refractivity contribution < 1.29 is 4.79 Å². The van der Waals surface area contributed by atoms with Gasteiger partial charge in [-0.2, -0.15) is 0 Å².